The lowest BCUT2D eigenvalue weighted by molar-refractivity contribution is -0.117. The van der Waals surface area contributed by atoms with Gasteiger partial charge in [0.25, 0.3) is 0 Å². The highest BCUT2D eigenvalue weighted by atomic mass is 32.2. The molecule has 2 aromatic carbocycles. The maximum absolute atomic E-state index is 12.1. The van der Waals surface area contributed by atoms with E-state index in [1.54, 1.807) is 6.92 Å². The maximum Gasteiger partial charge on any atom is 0.413 e. The Morgan fingerprint density at radius 3 is 2.65 bits per heavy atom. The number of amides is 2. The van der Waals surface area contributed by atoms with Gasteiger partial charge in [0.05, 0.1) is 12.4 Å². The van der Waals surface area contributed by atoms with Gasteiger partial charge in [0.1, 0.15) is 6.61 Å². The highest BCUT2D eigenvalue weighted by Crippen LogP contribution is 2.36. The second-order valence-electron chi connectivity index (χ2n) is 6.43. The smallest absolute Gasteiger partial charge is 0.413 e. The lowest BCUT2D eigenvalue weighted by Crippen LogP contribution is -2.32. The number of rotatable bonds is 6. The van der Waals surface area contributed by atoms with E-state index in [0.29, 0.717) is 22.5 Å². The molecule has 2 heterocycles. The summed E-state index contributed by atoms with van der Waals surface area (Å²) in [4.78, 5) is 23.5. The minimum absolute atomic E-state index is 0.0331. The molecule has 160 valence electrons. The summed E-state index contributed by atoms with van der Waals surface area (Å²) in [6.45, 7) is 2.12. The first-order chi connectivity index (χ1) is 15.2. The van der Waals surface area contributed by atoms with Crippen LogP contribution in [0.25, 0.3) is 5.69 Å². The van der Waals surface area contributed by atoms with Crippen molar-refractivity contribution in [3.05, 3.63) is 60.4 Å². The average molecular weight is 440 g/mol. The molecule has 9 nitrogen and oxygen atoms in total. The van der Waals surface area contributed by atoms with Gasteiger partial charge in [0, 0.05) is 5.69 Å². The number of benzene rings is 2. The van der Waals surface area contributed by atoms with Crippen LogP contribution in [0.2, 0.25) is 0 Å². The third-order valence-corrected chi connectivity index (χ3v) is 5.25. The molecule has 2 amide bonds. The first-order valence-corrected chi connectivity index (χ1v) is 10.6. The Kier molecular flexibility index (Phi) is 6.37. The number of aromatic nitrogens is 3. The quantitative estimate of drug-likeness (QED) is 0.583. The highest BCUT2D eigenvalue weighted by Gasteiger charge is 2.29. The number of ether oxygens (including phenoxy) is 3. The van der Waals surface area contributed by atoms with Crippen molar-refractivity contribution in [2.75, 3.05) is 19.0 Å². The zero-order chi connectivity index (χ0) is 21.6. The number of fused-ring (bicyclic) bond motifs is 1. The third kappa shape index (κ3) is 4.80. The third-order valence-electron chi connectivity index (χ3n) is 4.32. The summed E-state index contributed by atoms with van der Waals surface area (Å²) in [5, 5.41) is 11.2. The van der Waals surface area contributed by atoms with E-state index in [1.807, 2.05) is 59.2 Å². The van der Waals surface area contributed by atoms with Crippen molar-refractivity contribution < 1.29 is 23.8 Å². The minimum Gasteiger partial charge on any atom is -0.485 e. The normalized spacial score (nSPS) is 14.7. The van der Waals surface area contributed by atoms with E-state index in [-0.39, 0.29) is 19.0 Å². The van der Waals surface area contributed by atoms with Crippen LogP contribution >= 0.6 is 11.8 Å². The van der Waals surface area contributed by atoms with Crippen LogP contribution in [0.4, 0.5) is 4.79 Å². The number of imide groups is 1. The summed E-state index contributed by atoms with van der Waals surface area (Å²) in [5.41, 5.74) is 0.818. The second kappa shape index (κ2) is 9.52. The SMILES string of the molecule is CCOC(=O)NC(=O)CSc1nnc([C@@H]2COc3ccccc3O2)n1-c1ccccc1. The molecule has 0 saturated carbocycles. The van der Waals surface area contributed by atoms with Crippen LogP contribution in [-0.4, -0.2) is 45.7 Å². The van der Waals surface area contributed by atoms with Crippen molar-refractivity contribution in [3.8, 4) is 17.2 Å². The van der Waals surface area contributed by atoms with Crippen LogP contribution in [0, 0.1) is 0 Å². The predicted octanol–water partition coefficient (Wildman–Crippen LogP) is 3.14. The molecule has 10 heteroatoms. The fourth-order valence-electron chi connectivity index (χ4n) is 3.00. The van der Waals surface area contributed by atoms with Crippen LogP contribution in [-0.2, 0) is 9.53 Å². The largest absolute Gasteiger partial charge is 0.485 e. The lowest BCUT2D eigenvalue weighted by atomic mass is 10.2. The molecular weight excluding hydrogens is 420 g/mol. The van der Waals surface area contributed by atoms with Crippen molar-refractivity contribution in [2.24, 2.45) is 0 Å². The lowest BCUT2D eigenvalue weighted by Gasteiger charge is -2.26. The zero-order valence-corrected chi connectivity index (χ0v) is 17.5. The van der Waals surface area contributed by atoms with Crippen molar-refractivity contribution in [1.29, 1.82) is 0 Å². The molecule has 1 aliphatic heterocycles. The number of carbonyl (C=O) groups excluding carboxylic acids is 2. The molecule has 0 spiro atoms. The zero-order valence-electron chi connectivity index (χ0n) is 16.7. The van der Waals surface area contributed by atoms with E-state index in [0.717, 1.165) is 17.4 Å². The number of carbonyl (C=O) groups is 2. The summed E-state index contributed by atoms with van der Waals surface area (Å²) in [6.07, 6.45) is -1.25. The Hall–Kier alpha value is -3.53. The van der Waals surface area contributed by atoms with Crippen LogP contribution in [0.5, 0.6) is 11.5 Å². The van der Waals surface area contributed by atoms with Crippen molar-refractivity contribution in [3.63, 3.8) is 0 Å². The molecule has 1 aromatic heterocycles. The van der Waals surface area contributed by atoms with Crippen LogP contribution in [0.1, 0.15) is 18.9 Å². The van der Waals surface area contributed by atoms with Gasteiger partial charge in [-0.3, -0.25) is 14.7 Å². The van der Waals surface area contributed by atoms with Gasteiger partial charge in [0.2, 0.25) is 5.91 Å². The second-order valence-corrected chi connectivity index (χ2v) is 7.38. The van der Waals surface area contributed by atoms with E-state index < -0.39 is 18.1 Å². The number of thioether (sulfide) groups is 1. The molecule has 4 rings (SSSR count). The number of hydrogen-bond acceptors (Lipinski definition) is 8. The molecule has 1 N–H and O–H groups in total. The fraction of sp³-hybridized carbons (Fsp3) is 0.238. The topological polar surface area (TPSA) is 105 Å². The molecule has 0 radical (unpaired) electrons. The van der Waals surface area contributed by atoms with Crippen molar-refractivity contribution in [2.45, 2.75) is 18.2 Å². The van der Waals surface area contributed by atoms with Gasteiger partial charge in [0.15, 0.2) is 28.6 Å². The summed E-state index contributed by atoms with van der Waals surface area (Å²) in [7, 11) is 0. The Labute approximate surface area is 182 Å². The molecule has 0 fully saturated rings. The van der Waals surface area contributed by atoms with Crippen LogP contribution in [0.3, 0.4) is 0 Å². The van der Waals surface area contributed by atoms with Crippen LogP contribution < -0.4 is 14.8 Å². The average Bonchev–Trinajstić information content (AvgIpc) is 3.22. The van der Waals surface area contributed by atoms with E-state index >= 15 is 0 Å². The Morgan fingerprint density at radius 1 is 1.13 bits per heavy atom. The van der Waals surface area contributed by atoms with Gasteiger partial charge in [-0.05, 0) is 31.2 Å². The van der Waals surface area contributed by atoms with Gasteiger partial charge in [-0.25, -0.2) is 4.79 Å². The van der Waals surface area contributed by atoms with Gasteiger partial charge in [-0.1, -0.05) is 42.1 Å². The summed E-state index contributed by atoms with van der Waals surface area (Å²) >= 11 is 1.15. The summed E-state index contributed by atoms with van der Waals surface area (Å²) in [6, 6.07) is 16.9. The molecule has 1 atom stereocenters. The number of hydrogen-bond donors (Lipinski definition) is 1. The Bertz CT molecular complexity index is 1070. The monoisotopic (exact) mass is 440 g/mol. The Balaban J connectivity index is 1.57. The molecule has 3 aromatic rings. The van der Waals surface area contributed by atoms with Gasteiger partial charge >= 0.3 is 6.09 Å². The first-order valence-electron chi connectivity index (χ1n) is 9.64. The summed E-state index contributed by atoms with van der Waals surface area (Å²) in [5.74, 6) is 1.33. The molecule has 31 heavy (non-hydrogen) atoms. The molecule has 0 aliphatic carbocycles. The van der Waals surface area contributed by atoms with E-state index in [4.69, 9.17) is 14.2 Å². The Morgan fingerprint density at radius 2 is 1.87 bits per heavy atom. The van der Waals surface area contributed by atoms with E-state index in [1.165, 1.54) is 0 Å². The molecular formula is C21H20N4O5S. The fourth-order valence-corrected chi connectivity index (χ4v) is 3.76. The molecule has 0 bridgehead atoms. The highest BCUT2D eigenvalue weighted by molar-refractivity contribution is 7.99. The van der Waals surface area contributed by atoms with E-state index in [9.17, 15) is 9.59 Å². The maximum atomic E-state index is 12.1. The molecule has 0 saturated heterocycles. The van der Waals surface area contributed by atoms with Gasteiger partial charge in [-0.15, -0.1) is 10.2 Å². The van der Waals surface area contributed by atoms with Crippen LogP contribution in [0.15, 0.2) is 59.8 Å². The van der Waals surface area contributed by atoms with Gasteiger partial charge in [-0.2, -0.15) is 0 Å². The van der Waals surface area contributed by atoms with Crippen molar-refractivity contribution in [1.82, 2.24) is 20.1 Å². The molecule has 1 aliphatic rings. The predicted molar refractivity (Wildman–Crippen MR) is 113 cm³/mol. The minimum atomic E-state index is -0.773. The number of nitrogens with zero attached hydrogens (tertiary/aromatic N) is 3. The number of alkyl carbamates (subject to hydrolysis) is 1. The van der Waals surface area contributed by atoms with Crippen molar-refractivity contribution >= 4 is 23.8 Å². The first kappa shape index (κ1) is 20.7. The molecule has 0 unspecified atom stereocenters. The number of para-hydroxylation sites is 3. The summed E-state index contributed by atoms with van der Waals surface area (Å²) < 4.78 is 18.5. The standard InChI is InChI=1S/C21H20N4O5S/c1-2-28-21(27)22-18(26)13-31-20-24-23-19(25(20)14-8-4-3-5-9-14)17-12-29-15-10-6-7-11-16(15)30-17/h3-11,17H,2,12-13H2,1H3,(H,22,26,27)/t17-/m0/s1. The van der Waals surface area contributed by atoms with E-state index in [2.05, 4.69) is 15.5 Å². The van der Waals surface area contributed by atoms with Gasteiger partial charge < -0.3 is 14.2 Å². The number of nitrogens with one attached hydrogen (secondary N) is 1.